The molecule has 0 unspecified atom stereocenters. The summed E-state index contributed by atoms with van der Waals surface area (Å²) in [7, 11) is -2.33. The zero-order valence-electron chi connectivity index (χ0n) is 12.4. The third-order valence-corrected chi connectivity index (χ3v) is 5.06. The summed E-state index contributed by atoms with van der Waals surface area (Å²) in [5.41, 5.74) is 1.26. The molecule has 1 N–H and O–H groups in total. The minimum absolute atomic E-state index is 0.00334. The molecule has 0 saturated heterocycles. The van der Waals surface area contributed by atoms with Crippen molar-refractivity contribution in [2.24, 2.45) is 7.05 Å². The minimum Gasteiger partial charge on any atom is -0.271 e. The topological polar surface area (TPSA) is 107 Å². The molecular formula is C13H16N4O4S. The Kier molecular flexibility index (Phi) is 4.29. The van der Waals surface area contributed by atoms with E-state index in [0.29, 0.717) is 16.8 Å². The molecule has 0 aliphatic heterocycles. The highest BCUT2D eigenvalue weighted by molar-refractivity contribution is 7.89. The Morgan fingerprint density at radius 3 is 2.55 bits per heavy atom. The standard InChI is InChI=1S/C13H16N4O4S/c1-9-4-5-12(17(18)19)13(10(9)2)22(20,21)15-8-11-6-7-14-16(11)3/h4-7,15H,8H2,1-3H3. The molecule has 1 heterocycles. The molecule has 22 heavy (non-hydrogen) atoms. The molecule has 0 radical (unpaired) electrons. The van der Waals surface area contributed by atoms with Crippen molar-refractivity contribution in [1.29, 1.82) is 0 Å². The summed E-state index contributed by atoms with van der Waals surface area (Å²) < 4.78 is 28.9. The van der Waals surface area contributed by atoms with Crippen LogP contribution in [0.1, 0.15) is 16.8 Å². The maximum atomic E-state index is 12.5. The summed E-state index contributed by atoms with van der Waals surface area (Å²) >= 11 is 0. The van der Waals surface area contributed by atoms with E-state index in [4.69, 9.17) is 0 Å². The summed E-state index contributed by atoms with van der Waals surface area (Å²) in [4.78, 5) is 10.1. The first-order valence-electron chi connectivity index (χ1n) is 6.45. The van der Waals surface area contributed by atoms with Crippen LogP contribution in [0, 0.1) is 24.0 Å². The Bertz CT molecular complexity index is 827. The van der Waals surface area contributed by atoms with Gasteiger partial charge in [0.05, 0.1) is 17.2 Å². The molecule has 0 atom stereocenters. The fraction of sp³-hybridized carbons (Fsp3) is 0.308. The first-order valence-corrected chi connectivity index (χ1v) is 7.93. The first kappa shape index (κ1) is 16.1. The van der Waals surface area contributed by atoms with Crippen LogP contribution < -0.4 is 4.72 Å². The molecule has 8 nitrogen and oxygen atoms in total. The number of nitro benzene ring substituents is 1. The summed E-state index contributed by atoms with van der Waals surface area (Å²) in [6.07, 6.45) is 1.55. The Hall–Kier alpha value is -2.26. The van der Waals surface area contributed by atoms with Crippen LogP contribution in [-0.2, 0) is 23.6 Å². The van der Waals surface area contributed by atoms with Gasteiger partial charge in [-0.3, -0.25) is 14.8 Å². The lowest BCUT2D eigenvalue weighted by atomic mass is 10.1. The molecule has 0 aliphatic rings. The number of rotatable bonds is 5. The number of hydrogen-bond acceptors (Lipinski definition) is 5. The smallest absolute Gasteiger partial charge is 0.271 e. The van der Waals surface area contributed by atoms with Crippen molar-refractivity contribution in [2.75, 3.05) is 0 Å². The van der Waals surface area contributed by atoms with Crippen LogP contribution in [0.5, 0.6) is 0 Å². The van der Waals surface area contributed by atoms with Gasteiger partial charge in [-0.2, -0.15) is 5.10 Å². The van der Waals surface area contributed by atoms with Gasteiger partial charge in [0.1, 0.15) is 0 Å². The second-order valence-corrected chi connectivity index (χ2v) is 6.59. The van der Waals surface area contributed by atoms with Crippen molar-refractivity contribution >= 4 is 15.7 Å². The summed E-state index contributed by atoms with van der Waals surface area (Å²) in [6.45, 7) is 3.27. The zero-order valence-corrected chi connectivity index (χ0v) is 13.2. The molecule has 2 aromatic rings. The number of benzene rings is 1. The average Bonchev–Trinajstić information content (AvgIpc) is 2.84. The van der Waals surface area contributed by atoms with E-state index in [-0.39, 0.29) is 11.4 Å². The molecule has 9 heteroatoms. The minimum atomic E-state index is -4.01. The highest BCUT2D eigenvalue weighted by Crippen LogP contribution is 2.29. The third kappa shape index (κ3) is 3.00. The third-order valence-electron chi connectivity index (χ3n) is 3.49. The van der Waals surface area contributed by atoms with E-state index in [2.05, 4.69) is 9.82 Å². The van der Waals surface area contributed by atoms with E-state index in [1.54, 1.807) is 33.2 Å². The van der Waals surface area contributed by atoms with Crippen LogP contribution in [0.2, 0.25) is 0 Å². The lowest BCUT2D eigenvalue weighted by Crippen LogP contribution is -2.26. The van der Waals surface area contributed by atoms with Gasteiger partial charge in [0.25, 0.3) is 5.69 Å². The number of sulfonamides is 1. The molecule has 0 aliphatic carbocycles. The fourth-order valence-corrected chi connectivity index (χ4v) is 3.54. The Labute approximate surface area is 128 Å². The number of aryl methyl sites for hydroxylation is 2. The van der Waals surface area contributed by atoms with Crippen molar-refractivity contribution < 1.29 is 13.3 Å². The quantitative estimate of drug-likeness (QED) is 0.661. The molecule has 1 aromatic heterocycles. The van der Waals surface area contributed by atoms with Gasteiger partial charge in [0.2, 0.25) is 10.0 Å². The zero-order chi connectivity index (χ0) is 16.5. The van der Waals surface area contributed by atoms with Gasteiger partial charge in [0.15, 0.2) is 4.90 Å². The van der Waals surface area contributed by atoms with Gasteiger partial charge in [0, 0.05) is 19.3 Å². The van der Waals surface area contributed by atoms with Gasteiger partial charge < -0.3 is 0 Å². The predicted octanol–water partition coefficient (Wildman–Crippen LogP) is 1.42. The van der Waals surface area contributed by atoms with Crippen molar-refractivity contribution in [2.45, 2.75) is 25.3 Å². The van der Waals surface area contributed by atoms with E-state index >= 15 is 0 Å². The number of nitrogens with zero attached hydrogens (tertiary/aromatic N) is 3. The lowest BCUT2D eigenvalue weighted by Gasteiger charge is -2.11. The molecule has 0 amide bonds. The molecular weight excluding hydrogens is 308 g/mol. The van der Waals surface area contributed by atoms with Crippen LogP contribution in [0.15, 0.2) is 29.3 Å². The Morgan fingerprint density at radius 1 is 1.32 bits per heavy atom. The van der Waals surface area contributed by atoms with E-state index in [0.717, 1.165) is 0 Å². The van der Waals surface area contributed by atoms with Crippen LogP contribution in [0.3, 0.4) is 0 Å². The van der Waals surface area contributed by atoms with Crippen LogP contribution in [0.25, 0.3) is 0 Å². The first-order chi connectivity index (χ1) is 10.2. The van der Waals surface area contributed by atoms with Crippen molar-refractivity contribution in [1.82, 2.24) is 14.5 Å². The van der Waals surface area contributed by atoms with Gasteiger partial charge >= 0.3 is 0 Å². The van der Waals surface area contributed by atoms with E-state index < -0.39 is 20.6 Å². The molecule has 0 spiro atoms. The summed E-state index contributed by atoms with van der Waals surface area (Å²) in [5.74, 6) is 0. The van der Waals surface area contributed by atoms with Crippen LogP contribution >= 0.6 is 0 Å². The van der Waals surface area contributed by atoms with Gasteiger partial charge in [-0.05, 0) is 31.0 Å². The summed E-state index contributed by atoms with van der Waals surface area (Å²) in [6, 6.07) is 4.41. The second kappa shape index (κ2) is 5.85. The maximum Gasteiger partial charge on any atom is 0.289 e. The monoisotopic (exact) mass is 324 g/mol. The molecule has 0 fully saturated rings. The highest BCUT2D eigenvalue weighted by Gasteiger charge is 2.28. The molecule has 0 bridgehead atoms. The van der Waals surface area contributed by atoms with Crippen LogP contribution in [0.4, 0.5) is 5.69 Å². The van der Waals surface area contributed by atoms with E-state index in [1.807, 2.05) is 0 Å². The van der Waals surface area contributed by atoms with Gasteiger partial charge in [-0.15, -0.1) is 0 Å². The van der Waals surface area contributed by atoms with Gasteiger partial charge in [-0.1, -0.05) is 6.07 Å². The molecule has 1 aromatic carbocycles. The van der Waals surface area contributed by atoms with Crippen molar-refractivity contribution in [3.8, 4) is 0 Å². The average molecular weight is 324 g/mol. The van der Waals surface area contributed by atoms with E-state index in [1.165, 1.54) is 16.8 Å². The maximum absolute atomic E-state index is 12.5. The SMILES string of the molecule is Cc1ccc([N+](=O)[O-])c(S(=O)(=O)NCc2ccnn2C)c1C. The molecule has 0 saturated carbocycles. The second-order valence-electron chi connectivity index (χ2n) is 4.88. The summed E-state index contributed by atoms with van der Waals surface area (Å²) in [5, 5.41) is 15.1. The Balaban J connectivity index is 2.43. The number of hydrogen-bond donors (Lipinski definition) is 1. The Morgan fingerprint density at radius 2 is 2.00 bits per heavy atom. The normalized spacial score (nSPS) is 11.6. The predicted molar refractivity (Wildman–Crippen MR) is 79.8 cm³/mol. The van der Waals surface area contributed by atoms with Gasteiger partial charge in [-0.25, -0.2) is 13.1 Å². The molecule has 118 valence electrons. The fourth-order valence-electron chi connectivity index (χ4n) is 2.07. The highest BCUT2D eigenvalue weighted by atomic mass is 32.2. The largest absolute Gasteiger partial charge is 0.289 e. The lowest BCUT2D eigenvalue weighted by molar-refractivity contribution is -0.387. The molecule has 2 rings (SSSR count). The van der Waals surface area contributed by atoms with Crippen molar-refractivity contribution in [3.05, 3.63) is 51.3 Å². The number of nitro groups is 1. The van der Waals surface area contributed by atoms with Crippen molar-refractivity contribution in [3.63, 3.8) is 0 Å². The van der Waals surface area contributed by atoms with Crippen LogP contribution in [-0.4, -0.2) is 23.1 Å². The number of nitrogens with one attached hydrogen (secondary N) is 1. The van der Waals surface area contributed by atoms with E-state index in [9.17, 15) is 18.5 Å². The number of aromatic nitrogens is 2.